The lowest BCUT2D eigenvalue weighted by Gasteiger charge is -2.33. The van der Waals surface area contributed by atoms with E-state index in [4.69, 9.17) is 4.74 Å². The number of hydrogen-bond acceptors (Lipinski definition) is 3. The first-order valence-electron chi connectivity index (χ1n) is 9.88. The van der Waals surface area contributed by atoms with Gasteiger partial charge in [-0.3, -0.25) is 4.79 Å². The van der Waals surface area contributed by atoms with Crippen LogP contribution in [0.2, 0.25) is 0 Å². The third kappa shape index (κ3) is 6.45. The Morgan fingerprint density at radius 1 is 1.15 bits per heavy atom. The first-order valence-corrected chi connectivity index (χ1v) is 9.88. The predicted molar refractivity (Wildman–Crippen MR) is 107 cm³/mol. The highest BCUT2D eigenvalue weighted by molar-refractivity contribution is 5.81. The van der Waals surface area contributed by atoms with E-state index in [1.807, 2.05) is 58.9 Å². The average molecular weight is 376 g/mol. The van der Waals surface area contributed by atoms with Gasteiger partial charge < -0.3 is 20.3 Å². The maximum Gasteiger partial charge on any atom is 0.317 e. The molecule has 0 aromatic heterocycles. The Balaban J connectivity index is 1.94. The summed E-state index contributed by atoms with van der Waals surface area (Å²) in [5.41, 5.74) is 1.01. The van der Waals surface area contributed by atoms with Crippen LogP contribution in [0.5, 0.6) is 5.75 Å². The molecule has 6 heteroatoms. The molecule has 0 saturated carbocycles. The Morgan fingerprint density at radius 2 is 1.89 bits per heavy atom. The smallest absolute Gasteiger partial charge is 0.317 e. The second-order valence-corrected chi connectivity index (χ2v) is 7.86. The third-order valence-corrected chi connectivity index (χ3v) is 4.58. The Kier molecular flexibility index (Phi) is 7.51. The van der Waals surface area contributed by atoms with Gasteiger partial charge in [0.1, 0.15) is 5.75 Å². The van der Waals surface area contributed by atoms with Crippen molar-refractivity contribution in [2.75, 3.05) is 13.1 Å². The number of piperidine rings is 1. The number of benzene rings is 1. The van der Waals surface area contributed by atoms with Crippen LogP contribution in [0, 0.1) is 5.92 Å². The van der Waals surface area contributed by atoms with Gasteiger partial charge in [0.05, 0.1) is 18.1 Å². The monoisotopic (exact) mass is 375 g/mol. The molecule has 2 atom stereocenters. The number of urea groups is 1. The summed E-state index contributed by atoms with van der Waals surface area (Å²) in [5.74, 6) is 0.631. The van der Waals surface area contributed by atoms with E-state index in [0.717, 1.165) is 24.2 Å². The van der Waals surface area contributed by atoms with Crippen LogP contribution in [0.1, 0.15) is 59.1 Å². The number of rotatable bonds is 6. The average Bonchev–Trinajstić information content (AvgIpc) is 2.61. The van der Waals surface area contributed by atoms with Crippen LogP contribution < -0.4 is 15.4 Å². The van der Waals surface area contributed by atoms with Crippen molar-refractivity contribution < 1.29 is 14.3 Å². The lowest BCUT2D eigenvalue weighted by Crippen LogP contribution is -2.50. The molecule has 0 bridgehead atoms. The third-order valence-electron chi connectivity index (χ3n) is 4.58. The molecule has 150 valence electrons. The summed E-state index contributed by atoms with van der Waals surface area (Å²) in [6, 6.07) is 7.70. The van der Waals surface area contributed by atoms with Gasteiger partial charge in [-0.25, -0.2) is 4.79 Å². The summed E-state index contributed by atoms with van der Waals surface area (Å²) in [6.45, 7) is 11.0. The molecule has 1 saturated heterocycles. The fourth-order valence-electron chi connectivity index (χ4n) is 3.26. The Morgan fingerprint density at radius 3 is 2.56 bits per heavy atom. The fourth-order valence-corrected chi connectivity index (χ4v) is 3.26. The van der Waals surface area contributed by atoms with Gasteiger partial charge in [0.15, 0.2) is 0 Å². The quantitative estimate of drug-likeness (QED) is 0.800. The summed E-state index contributed by atoms with van der Waals surface area (Å²) < 4.78 is 5.73. The van der Waals surface area contributed by atoms with Crippen molar-refractivity contribution in [3.8, 4) is 5.75 Å². The van der Waals surface area contributed by atoms with Gasteiger partial charge in [0.2, 0.25) is 5.91 Å². The van der Waals surface area contributed by atoms with E-state index in [0.29, 0.717) is 13.1 Å². The number of amides is 3. The van der Waals surface area contributed by atoms with E-state index in [1.54, 1.807) is 4.90 Å². The topological polar surface area (TPSA) is 70.7 Å². The van der Waals surface area contributed by atoms with E-state index in [-0.39, 0.29) is 36.0 Å². The van der Waals surface area contributed by atoms with E-state index >= 15 is 0 Å². The Hall–Kier alpha value is -2.24. The van der Waals surface area contributed by atoms with Crippen molar-refractivity contribution in [1.29, 1.82) is 0 Å². The minimum atomic E-state index is -0.172. The van der Waals surface area contributed by atoms with Crippen molar-refractivity contribution in [2.45, 2.75) is 65.6 Å². The molecule has 1 aliphatic rings. The molecule has 1 aliphatic heterocycles. The van der Waals surface area contributed by atoms with Gasteiger partial charge in [-0.05, 0) is 65.2 Å². The summed E-state index contributed by atoms with van der Waals surface area (Å²) in [4.78, 5) is 26.7. The zero-order valence-electron chi connectivity index (χ0n) is 17.1. The number of carbonyl (C=O) groups excluding carboxylic acids is 2. The number of hydrogen-bond donors (Lipinski definition) is 2. The van der Waals surface area contributed by atoms with Crippen LogP contribution in [0.3, 0.4) is 0 Å². The van der Waals surface area contributed by atoms with E-state index < -0.39 is 0 Å². The largest absolute Gasteiger partial charge is 0.491 e. The van der Waals surface area contributed by atoms with E-state index in [1.165, 1.54) is 0 Å². The van der Waals surface area contributed by atoms with Crippen molar-refractivity contribution in [1.82, 2.24) is 15.5 Å². The zero-order chi connectivity index (χ0) is 20.0. The maximum absolute atomic E-state index is 12.7. The predicted octanol–water partition coefficient (Wildman–Crippen LogP) is 3.48. The van der Waals surface area contributed by atoms with Gasteiger partial charge in [0.25, 0.3) is 0 Å². The number of ether oxygens (including phenoxy) is 1. The highest BCUT2D eigenvalue weighted by Crippen LogP contribution is 2.22. The minimum absolute atomic E-state index is 0.000252. The minimum Gasteiger partial charge on any atom is -0.491 e. The fraction of sp³-hybridized carbons (Fsp3) is 0.619. The van der Waals surface area contributed by atoms with Crippen LogP contribution in [-0.4, -0.2) is 42.1 Å². The van der Waals surface area contributed by atoms with Crippen LogP contribution in [0.15, 0.2) is 24.3 Å². The number of nitrogens with one attached hydrogen (secondary N) is 2. The van der Waals surface area contributed by atoms with Crippen LogP contribution in [-0.2, 0) is 4.79 Å². The summed E-state index contributed by atoms with van der Waals surface area (Å²) in [7, 11) is 0. The van der Waals surface area contributed by atoms with Gasteiger partial charge in [-0.2, -0.15) is 0 Å². The highest BCUT2D eigenvalue weighted by atomic mass is 16.5. The first kappa shape index (κ1) is 21.1. The number of likely N-dealkylation sites (tertiary alicyclic amines) is 1. The molecule has 27 heavy (non-hydrogen) atoms. The van der Waals surface area contributed by atoms with Gasteiger partial charge in [0, 0.05) is 19.1 Å². The molecule has 2 N–H and O–H groups in total. The van der Waals surface area contributed by atoms with Crippen LogP contribution >= 0.6 is 0 Å². The molecule has 0 aliphatic carbocycles. The second kappa shape index (κ2) is 9.62. The van der Waals surface area contributed by atoms with Crippen molar-refractivity contribution in [2.24, 2.45) is 5.92 Å². The molecule has 0 radical (unpaired) electrons. The van der Waals surface area contributed by atoms with Crippen molar-refractivity contribution in [3.63, 3.8) is 0 Å². The molecular weight excluding hydrogens is 342 g/mol. The van der Waals surface area contributed by atoms with Gasteiger partial charge in [-0.1, -0.05) is 12.1 Å². The molecule has 1 heterocycles. The summed E-state index contributed by atoms with van der Waals surface area (Å²) >= 11 is 0. The lowest BCUT2D eigenvalue weighted by molar-refractivity contribution is -0.126. The summed E-state index contributed by atoms with van der Waals surface area (Å²) in [5, 5.41) is 6.00. The second-order valence-electron chi connectivity index (χ2n) is 7.86. The molecule has 3 amide bonds. The SMILES string of the molecule is CC(C)NC(=O)N1CCC[C@H](C(=O)N[C@H](C)c2cccc(OC(C)C)c2)C1. The molecular formula is C21H33N3O3. The lowest BCUT2D eigenvalue weighted by atomic mass is 9.96. The molecule has 1 aromatic carbocycles. The normalized spacial score (nSPS) is 18.3. The van der Waals surface area contributed by atoms with Crippen LogP contribution in [0.25, 0.3) is 0 Å². The van der Waals surface area contributed by atoms with E-state index in [9.17, 15) is 9.59 Å². The first-order chi connectivity index (χ1) is 12.8. The Labute approximate surface area is 162 Å². The molecule has 2 rings (SSSR count). The molecule has 6 nitrogen and oxygen atoms in total. The van der Waals surface area contributed by atoms with E-state index in [2.05, 4.69) is 10.6 Å². The van der Waals surface area contributed by atoms with Crippen molar-refractivity contribution >= 4 is 11.9 Å². The molecule has 0 unspecified atom stereocenters. The van der Waals surface area contributed by atoms with Gasteiger partial charge >= 0.3 is 6.03 Å². The molecule has 0 spiro atoms. The standard InChI is InChI=1S/C21H33N3O3/c1-14(2)22-21(26)24-11-7-9-18(13-24)20(25)23-16(5)17-8-6-10-19(12-17)27-15(3)4/h6,8,10,12,14-16,18H,7,9,11,13H2,1-5H3,(H,22,26)(H,23,25)/t16-,18+/m1/s1. The Bertz CT molecular complexity index is 645. The zero-order valence-corrected chi connectivity index (χ0v) is 17.1. The van der Waals surface area contributed by atoms with Crippen LogP contribution in [0.4, 0.5) is 4.79 Å². The summed E-state index contributed by atoms with van der Waals surface area (Å²) in [6.07, 6.45) is 1.76. The molecule has 1 fully saturated rings. The molecule has 1 aromatic rings. The van der Waals surface area contributed by atoms with Crippen molar-refractivity contribution in [3.05, 3.63) is 29.8 Å². The number of carbonyl (C=O) groups is 2. The van der Waals surface area contributed by atoms with Gasteiger partial charge in [-0.15, -0.1) is 0 Å². The highest BCUT2D eigenvalue weighted by Gasteiger charge is 2.29. The maximum atomic E-state index is 12.7. The number of nitrogens with zero attached hydrogens (tertiary/aromatic N) is 1.